The fourth-order valence-electron chi connectivity index (χ4n) is 5.75. The van der Waals surface area contributed by atoms with Gasteiger partial charge in [0.2, 0.25) is 0 Å². The summed E-state index contributed by atoms with van der Waals surface area (Å²) in [5, 5.41) is 10.0. The first-order valence-corrected chi connectivity index (χ1v) is 12.0. The van der Waals surface area contributed by atoms with Crippen LogP contribution in [-0.4, -0.2) is 54.1 Å². The van der Waals surface area contributed by atoms with Gasteiger partial charge < -0.3 is 5.11 Å². The summed E-state index contributed by atoms with van der Waals surface area (Å²) in [6.07, 6.45) is 8.21. The molecule has 5 rings (SSSR count). The number of hydrogen-bond donors (Lipinski definition) is 2. The Balaban J connectivity index is 0.000000346. The molecule has 28 heavy (non-hydrogen) atoms. The van der Waals surface area contributed by atoms with Crippen LogP contribution in [0.15, 0.2) is 18.2 Å². The van der Waals surface area contributed by atoms with Crippen LogP contribution < -0.4 is 0 Å². The largest absolute Gasteiger partial charge is 0.508 e. The van der Waals surface area contributed by atoms with Crippen LogP contribution in [0.3, 0.4) is 0 Å². The van der Waals surface area contributed by atoms with E-state index in [2.05, 4.69) is 11.0 Å². The van der Waals surface area contributed by atoms with Crippen molar-refractivity contribution in [3.8, 4) is 5.75 Å². The number of hydrogen-bond acceptors (Lipinski definition) is 5. The topological polar surface area (TPSA) is 94.9 Å². The van der Waals surface area contributed by atoms with Gasteiger partial charge in [-0.2, -0.15) is 8.42 Å². The van der Waals surface area contributed by atoms with Gasteiger partial charge in [-0.3, -0.25) is 14.2 Å². The molecule has 3 atom stereocenters. The average molecular weight is 408 g/mol. The molecule has 0 radical (unpaired) electrons. The number of benzene rings is 1. The Morgan fingerprint density at radius 2 is 1.96 bits per heavy atom. The zero-order valence-electron chi connectivity index (χ0n) is 16.3. The quantitative estimate of drug-likeness (QED) is 0.732. The summed E-state index contributed by atoms with van der Waals surface area (Å²) >= 11 is 0. The number of piperidine rings is 1. The third kappa shape index (κ3) is 3.98. The molecule has 7 heteroatoms. The number of phenolic OH excluding ortho intramolecular Hbond substituents is 1. The summed E-state index contributed by atoms with van der Waals surface area (Å²) < 4.78 is 25.9. The SMILES string of the molecule is CS(=O)(=O)O.O=C1CC[C@H]2[C@H]3Cc4ccc(O)cc4[C@@]2(CCN3CC2CC2)C1. The van der Waals surface area contributed by atoms with Gasteiger partial charge in [-0.05, 0) is 73.7 Å². The first-order valence-electron chi connectivity index (χ1n) is 10.2. The molecule has 2 bridgehead atoms. The average Bonchev–Trinajstić information content (AvgIpc) is 3.40. The maximum atomic E-state index is 12.3. The van der Waals surface area contributed by atoms with E-state index in [1.54, 1.807) is 0 Å². The molecule has 3 fully saturated rings. The smallest absolute Gasteiger partial charge is 0.261 e. The summed E-state index contributed by atoms with van der Waals surface area (Å²) in [5.41, 5.74) is 2.67. The summed E-state index contributed by atoms with van der Waals surface area (Å²) in [7, 11) is -3.67. The Labute approximate surface area is 166 Å². The second-order valence-electron chi connectivity index (χ2n) is 9.05. The lowest BCUT2D eigenvalue weighted by Gasteiger charge is -2.58. The third-order valence-electron chi connectivity index (χ3n) is 6.98. The van der Waals surface area contributed by atoms with E-state index in [0.29, 0.717) is 36.2 Å². The van der Waals surface area contributed by atoms with Crippen molar-refractivity contribution < 1.29 is 22.9 Å². The number of aromatic hydroxyl groups is 1. The fourth-order valence-corrected chi connectivity index (χ4v) is 5.75. The predicted octanol–water partition coefficient (Wildman–Crippen LogP) is 2.54. The highest BCUT2D eigenvalue weighted by molar-refractivity contribution is 7.85. The minimum absolute atomic E-state index is 0.00632. The highest BCUT2D eigenvalue weighted by Crippen LogP contribution is 2.55. The van der Waals surface area contributed by atoms with Crippen LogP contribution in [0.1, 0.15) is 49.7 Å². The predicted molar refractivity (Wildman–Crippen MR) is 106 cm³/mol. The van der Waals surface area contributed by atoms with Crippen molar-refractivity contribution in [2.45, 2.75) is 56.4 Å². The number of nitrogens with zero attached hydrogens (tertiary/aromatic N) is 1. The van der Waals surface area contributed by atoms with E-state index in [1.807, 2.05) is 12.1 Å². The summed E-state index contributed by atoms with van der Waals surface area (Å²) in [5.74, 6) is 2.30. The van der Waals surface area contributed by atoms with Gasteiger partial charge in [0.1, 0.15) is 11.5 Å². The van der Waals surface area contributed by atoms with Crippen LogP contribution in [0.2, 0.25) is 0 Å². The molecule has 154 valence electrons. The molecule has 4 aliphatic rings. The Morgan fingerprint density at radius 1 is 1.25 bits per heavy atom. The van der Waals surface area contributed by atoms with Crippen molar-refractivity contribution in [1.29, 1.82) is 0 Å². The van der Waals surface area contributed by atoms with E-state index < -0.39 is 10.1 Å². The molecule has 0 amide bonds. The number of likely N-dealkylation sites (tertiary alicyclic amines) is 1. The van der Waals surface area contributed by atoms with Gasteiger partial charge in [0.15, 0.2) is 0 Å². The van der Waals surface area contributed by atoms with Crippen molar-refractivity contribution in [3.05, 3.63) is 29.3 Å². The van der Waals surface area contributed by atoms with Gasteiger partial charge in [-0.15, -0.1) is 0 Å². The van der Waals surface area contributed by atoms with Crippen molar-refractivity contribution >= 4 is 15.9 Å². The number of rotatable bonds is 2. The third-order valence-corrected chi connectivity index (χ3v) is 6.98. The molecule has 1 aromatic rings. The molecule has 1 heterocycles. The van der Waals surface area contributed by atoms with Gasteiger partial charge in [-0.1, -0.05) is 6.07 Å². The summed E-state index contributed by atoms with van der Waals surface area (Å²) in [6.45, 7) is 2.39. The number of Topliss-reactive ketones (excluding diaryl/α,β-unsaturated/α-hetero) is 1. The molecule has 1 saturated heterocycles. The zero-order valence-corrected chi connectivity index (χ0v) is 17.1. The minimum Gasteiger partial charge on any atom is -0.508 e. The first-order chi connectivity index (χ1) is 13.2. The molecule has 6 nitrogen and oxygen atoms in total. The van der Waals surface area contributed by atoms with E-state index in [4.69, 9.17) is 4.55 Å². The van der Waals surface area contributed by atoms with Gasteiger partial charge in [0.05, 0.1) is 6.26 Å². The van der Waals surface area contributed by atoms with Crippen LogP contribution >= 0.6 is 0 Å². The maximum absolute atomic E-state index is 12.3. The number of fused-ring (bicyclic) bond motifs is 1. The highest BCUT2D eigenvalue weighted by atomic mass is 32.2. The second kappa shape index (κ2) is 7.11. The number of carbonyl (C=O) groups excluding carboxylic acids is 1. The zero-order chi connectivity index (χ0) is 20.1. The van der Waals surface area contributed by atoms with Crippen molar-refractivity contribution in [1.82, 2.24) is 4.90 Å². The van der Waals surface area contributed by atoms with E-state index >= 15 is 0 Å². The standard InChI is InChI=1S/C20H25NO2.CH4O3S/c22-15-4-3-14-9-19-17-6-5-16(23)11-20(17,18(14)10-15)7-8-21(19)12-13-1-2-13;1-5(2,3)4/h3-4,10,13,17,19,22H,1-2,5-9,11-12H2;1H3,(H,2,3,4)/t17-,19+,20-;/m0./s1. The monoisotopic (exact) mass is 407 g/mol. The Bertz CT molecular complexity index is 871. The van der Waals surface area contributed by atoms with Crippen molar-refractivity contribution in [3.63, 3.8) is 0 Å². The van der Waals surface area contributed by atoms with Crippen molar-refractivity contribution in [2.24, 2.45) is 11.8 Å². The Kier molecular flexibility index (Phi) is 5.04. The molecular weight excluding hydrogens is 378 g/mol. The summed E-state index contributed by atoms with van der Waals surface area (Å²) in [6, 6.07) is 6.50. The minimum atomic E-state index is -3.67. The van der Waals surface area contributed by atoms with Crippen LogP contribution in [0.5, 0.6) is 5.75 Å². The van der Waals surface area contributed by atoms with E-state index in [0.717, 1.165) is 38.1 Å². The lowest BCUT2D eigenvalue weighted by atomic mass is 9.52. The highest BCUT2D eigenvalue weighted by Gasteiger charge is 2.55. The lowest BCUT2D eigenvalue weighted by molar-refractivity contribution is -0.127. The molecule has 1 aromatic carbocycles. The van der Waals surface area contributed by atoms with Gasteiger partial charge in [0.25, 0.3) is 10.1 Å². The van der Waals surface area contributed by atoms with Crippen LogP contribution in [0.4, 0.5) is 0 Å². The molecule has 0 unspecified atom stereocenters. The molecule has 0 spiro atoms. The summed E-state index contributed by atoms with van der Waals surface area (Å²) in [4.78, 5) is 15.0. The maximum Gasteiger partial charge on any atom is 0.261 e. The molecule has 3 aliphatic carbocycles. The molecule has 0 aromatic heterocycles. The van der Waals surface area contributed by atoms with Gasteiger partial charge >= 0.3 is 0 Å². The van der Waals surface area contributed by atoms with E-state index in [1.165, 1.54) is 30.5 Å². The second-order valence-corrected chi connectivity index (χ2v) is 10.5. The molecule has 2 saturated carbocycles. The molecular formula is C21H29NO5S. The van der Waals surface area contributed by atoms with Crippen LogP contribution in [-0.2, 0) is 26.7 Å². The number of ketones is 1. The Hall–Kier alpha value is -1.44. The normalized spacial score (nSPS) is 32.0. The molecule has 2 N–H and O–H groups in total. The van der Waals surface area contributed by atoms with Crippen LogP contribution in [0.25, 0.3) is 0 Å². The van der Waals surface area contributed by atoms with Crippen molar-refractivity contribution in [2.75, 3.05) is 19.3 Å². The van der Waals surface area contributed by atoms with E-state index in [9.17, 15) is 18.3 Å². The lowest BCUT2D eigenvalue weighted by Crippen LogP contribution is -2.62. The van der Waals surface area contributed by atoms with Crippen LogP contribution in [0, 0.1) is 11.8 Å². The number of carbonyl (C=O) groups is 1. The molecule has 1 aliphatic heterocycles. The fraction of sp³-hybridized carbons (Fsp3) is 0.667. The Morgan fingerprint density at radius 3 is 2.64 bits per heavy atom. The number of phenols is 1. The van der Waals surface area contributed by atoms with Gasteiger partial charge in [0, 0.05) is 30.8 Å². The van der Waals surface area contributed by atoms with E-state index in [-0.39, 0.29) is 5.41 Å². The van der Waals surface area contributed by atoms with Gasteiger partial charge in [-0.25, -0.2) is 0 Å². The first kappa shape index (κ1) is 19.9.